The van der Waals surface area contributed by atoms with Crippen LogP contribution in [0, 0.1) is 6.92 Å². The van der Waals surface area contributed by atoms with Gasteiger partial charge >= 0.3 is 0 Å². The first-order chi connectivity index (χ1) is 4.83. The van der Waals surface area contributed by atoms with Gasteiger partial charge in [-0.15, -0.1) is 6.58 Å². The van der Waals surface area contributed by atoms with E-state index in [0.29, 0.717) is 0 Å². The Morgan fingerprint density at radius 3 is 2.90 bits per heavy atom. The lowest BCUT2D eigenvalue weighted by Crippen LogP contribution is -1.76. The molecule has 0 aliphatic rings. The Kier molecular flexibility index (Phi) is 2.32. The van der Waals surface area contributed by atoms with Crippen LogP contribution in [0.4, 0.5) is 0 Å². The minimum Gasteiger partial charge on any atom is -0.466 e. The Bertz CT molecular complexity index is 210. The van der Waals surface area contributed by atoms with Gasteiger partial charge < -0.3 is 4.42 Å². The number of furan rings is 1. The predicted molar refractivity (Wildman–Crippen MR) is 42.0 cm³/mol. The first-order valence-corrected chi connectivity index (χ1v) is 3.49. The molecule has 0 unspecified atom stereocenters. The van der Waals surface area contributed by atoms with Gasteiger partial charge in [0, 0.05) is 6.42 Å². The molecule has 0 radical (unpaired) electrons. The zero-order valence-corrected chi connectivity index (χ0v) is 6.26. The van der Waals surface area contributed by atoms with Gasteiger partial charge in [-0.2, -0.15) is 0 Å². The minimum absolute atomic E-state index is 0.970. The highest BCUT2D eigenvalue weighted by atomic mass is 16.3. The van der Waals surface area contributed by atoms with Crippen LogP contribution in [0.1, 0.15) is 17.9 Å². The van der Waals surface area contributed by atoms with E-state index in [2.05, 4.69) is 6.58 Å². The Morgan fingerprint density at radius 1 is 1.60 bits per heavy atom. The van der Waals surface area contributed by atoms with Crippen LogP contribution in [0.3, 0.4) is 0 Å². The minimum atomic E-state index is 0.970. The highest BCUT2D eigenvalue weighted by Gasteiger charge is 1.94. The molecule has 0 spiro atoms. The fourth-order valence-corrected chi connectivity index (χ4v) is 0.864. The molecule has 1 rings (SSSR count). The lowest BCUT2D eigenvalue weighted by atomic mass is 10.2. The summed E-state index contributed by atoms with van der Waals surface area (Å²) in [5.74, 6) is 2.04. The van der Waals surface area contributed by atoms with Gasteiger partial charge in [0.2, 0.25) is 0 Å². The second-order valence-corrected chi connectivity index (χ2v) is 2.34. The molecule has 0 saturated carbocycles. The van der Waals surface area contributed by atoms with E-state index in [1.807, 2.05) is 25.1 Å². The Hall–Kier alpha value is -0.980. The summed E-state index contributed by atoms with van der Waals surface area (Å²) in [5.41, 5.74) is 0. The Morgan fingerprint density at radius 2 is 2.40 bits per heavy atom. The maximum Gasteiger partial charge on any atom is 0.104 e. The van der Waals surface area contributed by atoms with Crippen molar-refractivity contribution in [3.05, 3.63) is 36.3 Å². The quantitative estimate of drug-likeness (QED) is 0.582. The number of rotatable bonds is 3. The first-order valence-electron chi connectivity index (χ1n) is 3.49. The van der Waals surface area contributed by atoms with Crippen molar-refractivity contribution in [2.24, 2.45) is 0 Å². The summed E-state index contributed by atoms with van der Waals surface area (Å²) in [6.07, 6.45) is 3.86. The molecule has 0 bridgehead atoms. The molecular weight excluding hydrogens is 124 g/mol. The van der Waals surface area contributed by atoms with Gasteiger partial charge in [-0.25, -0.2) is 0 Å². The summed E-state index contributed by atoms with van der Waals surface area (Å²) >= 11 is 0. The van der Waals surface area contributed by atoms with Crippen molar-refractivity contribution in [1.29, 1.82) is 0 Å². The molecule has 10 heavy (non-hydrogen) atoms. The largest absolute Gasteiger partial charge is 0.466 e. The number of hydrogen-bond acceptors (Lipinski definition) is 1. The van der Waals surface area contributed by atoms with E-state index in [4.69, 9.17) is 4.42 Å². The van der Waals surface area contributed by atoms with Gasteiger partial charge in [-0.05, 0) is 25.5 Å². The molecule has 0 amide bonds. The zero-order chi connectivity index (χ0) is 7.40. The molecule has 0 aliphatic heterocycles. The van der Waals surface area contributed by atoms with Gasteiger partial charge in [0.1, 0.15) is 11.5 Å². The molecule has 54 valence electrons. The Labute approximate surface area is 61.4 Å². The van der Waals surface area contributed by atoms with E-state index >= 15 is 0 Å². The van der Waals surface area contributed by atoms with Crippen molar-refractivity contribution in [3.8, 4) is 0 Å². The average Bonchev–Trinajstić information content (AvgIpc) is 2.31. The van der Waals surface area contributed by atoms with Crippen molar-refractivity contribution < 1.29 is 4.42 Å². The number of aryl methyl sites for hydroxylation is 2. The molecule has 0 aromatic carbocycles. The van der Waals surface area contributed by atoms with Gasteiger partial charge in [-0.1, -0.05) is 6.08 Å². The SMILES string of the molecule is C=CCCc1ccc(C)o1. The van der Waals surface area contributed by atoms with Gasteiger partial charge in [0.05, 0.1) is 0 Å². The zero-order valence-electron chi connectivity index (χ0n) is 6.26. The van der Waals surface area contributed by atoms with Crippen LogP contribution >= 0.6 is 0 Å². The topological polar surface area (TPSA) is 13.1 Å². The van der Waals surface area contributed by atoms with E-state index in [1.54, 1.807) is 0 Å². The van der Waals surface area contributed by atoms with Crippen molar-refractivity contribution in [2.45, 2.75) is 19.8 Å². The molecule has 1 heterocycles. The van der Waals surface area contributed by atoms with Crippen LogP contribution in [-0.4, -0.2) is 0 Å². The maximum atomic E-state index is 5.34. The summed E-state index contributed by atoms with van der Waals surface area (Å²) in [6.45, 7) is 5.60. The molecular formula is C9H12O. The van der Waals surface area contributed by atoms with E-state index in [0.717, 1.165) is 24.4 Å². The second-order valence-electron chi connectivity index (χ2n) is 2.34. The van der Waals surface area contributed by atoms with Crippen LogP contribution in [0.15, 0.2) is 29.2 Å². The molecule has 0 saturated heterocycles. The van der Waals surface area contributed by atoms with Crippen molar-refractivity contribution in [1.82, 2.24) is 0 Å². The number of hydrogen-bond donors (Lipinski definition) is 0. The molecule has 1 heteroatoms. The highest BCUT2D eigenvalue weighted by molar-refractivity contribution is 5.05. The van der Waals surface area contributed by atoms with Crippen LogP contribution < -0.4 is 0 Å². The van der Waals surface area contributed by atoms with Gasteiger partial charge in [0.25, 0.3) is 0 Å². The van der Waals surface area contributed by atoms with Crippen molar-refractivity contribution >= 4 is 0 Å². The van der Waals surface area contributed by atoms with Crippen LogP contribution in [0.2, 0.25) is 0 Å². The molecule has 0 N–H and O–H groups in total. The fourth-order valence-electron chi connectivity index (χ4n) is 0.864. The van der Waals surface area contributed by atoms with E-state index in [-0.39, 0.29) is 0 Å². The number of allylic oxidation sites excluding steroid dienone is 1. The normalized spacial score (nSPS) is 9.70. The summed E-state index contributed by atoms with van der Waals surface area (Å²) in [7, 11) is 0. The maximum absolute atomic E-state index is 5.34. The van der Waals surface area contributed by atoms with Gasteiger partial charge in [0.15, 0.2) is 0 Å². The molecule has 0 fully saturated rings. The first kappa shape index (κ1) is 7.13. The standard InChI is InChI=1S/C9H12O/c1-3-4-5-9-7-6-8(2)10-9/h3,6-7H,1,4-5H2,2H3. The van der Waals surface area contributed by atoms with E-state index in [1.165, 1.54) is 0 Å². The average molecular weight is 136 g/mol. The molecule has 0 atom stereocenters. The predicted octanol–water partition coefficient (Wildman–Crippen LogP) is 2.71. The third-order valence-electron chi connectivity index (χ3n) is 1.39. The lowest BCUT2D eigenvalue weighted by Gasteiger charge is -1.89. The summed E-state index contributed by atoms with van der Waals surface area (Å²) in [6, 6.07) is 4.00. The molecule has 1 aromatic heterocycles. The summed E-state index contributed by atoms with van der Waals surface area (Å²) in [5, 5.41) is 0. The summed E-state index contributed by atoms with van der Waals surface area (Å²) < 4.78 is 5.34. The van der Waals surface area contributed by atoms with E-state index < -0.39 is 0 Å². The molecule has 1 nitrogen and oxygen atoms in total. The van der Waals surface area contributed by atoms with Crippen LogP contribution in [0.25, 0.3) is 0 Å². The van der Waals surface area contributed by atoms with Gasteiger partial charge in [-0.3, -0.25) is 0 Å². The van der Waals surface area contributed by atoms with Crippen molar-refractivity contribution in [2.75, 3.05) is 0 Å². The third kappa shape index (κ3) is 1.76. The molecule has 1 aromatic rings. The summed E-state index contributed by atoms with van der Waals surface area (Å²) in [4.78, 5) is 0. The van der Waals surface area contributed by atoms with Crippen LogP contribution in [-0.2, 0) is 6.42 Å². The Balaban J connectivity index is 2.49. The lowest BCUT2D eigenvalue weighted by molar-refractivity contribution is 0.484. The van der Waals surface area contributed by atoms with Crippen molar-refractivity contribution in [3.63, 3.8) is 0 Å². The second kappa shape index (κ2) is 3.25. The highest BCUT2D eigenvalue weighted by Crippen LogP contribution is 2.08. The molecule has 0 aliphatic carbocycles. The fraction of sp³-hybridized carbons (Fsp3) is 0.333. The van der Waals surface area contributed by atoms with E-state index in [9.17, 15) is 0 Å². The third-order valence-corrected chi connectivity index (χ3v) is 1.39. The van der Waals surface area contributed by atoms with Crippen LogP contribution in [0.5, 0.6) is 0 Å². The smallest absolute Gasteiger partial charge is 0.104 e. The monoisotopic (exact) mass is 136 g/mol.